The van der Waals surface area contributed by atoms with E-state index in [0.29, 0.717) is 5.56 Å². The number of hydrogen-bond acceptors (Lipinski definition) is 2. The molecule has 2 aromatic rings. The molecule has 0 aliphatic rings. The Bertz CT molecular complexity index is 585. The molecule has 0 fully saturated rings. The van der Waals surface area contributed by atoms with Crippen LogP contribution < -0.4 is 0 Å². The SMILES string of the molecule is Cc1cc(-c2ccnn2C(C)C)ccc1C(=O)O. The molecule has 0 atom stereocenters. The maximum Gasteiger partial charge on any atom is 0.335 e. The van der Waals surface area contributed by atoms with E-state index in [-0.39, 0.29) is 6.04 Å². The molecule has 1 heterocycles. The molecular formula is C14H16N2O2. The lowest BCUT2D eigenvalue weighted by Gasteiger charge is -2.12. The second-order valence-corrected chi connectivity index (χ2v) is 4.59. The van der Waals surface area contributed by atoms with Gasteiger partial charge in [0, 0.05) is 17.8 Å². The Morgan fingerprint density at radius 2 is 2.06 bits per heavy atom. The Balaban J connectivity index is 2.49. The fraction of sp³-hybridized carbons (Fsp3) is 0.286. The predicted molar refractivity (Wildman–Crippen MR) is 69.7 cm³/mol. The molecule has 18 heavy (non-hydrogen) atoms. The second kappa shape index (κ2) is 4.64. The number of benzene rings is 1. The molecule has 4 nitrogen and oxygen atoms in total. The maximum absolute atomic E-state index is 11.0. The molecule has 0 amide bonds. The number of carboxylic acids is 1. The van der Waals surface area contributed by atoms with Crippen LogP contribution in [0.1, 0.15) is 35.8 Å². The van der Waals surface area contributed by atoms with Crippen molar-refractivity contribution < 1.29 is 9.90 Å². The van der Waals surface area contributed by atoms with Crippen molar-refractivity contribution in [1.82, 2.24) is 9.78 Å². The normalized spacial score (nSPS) is 10.9. The van der Waals surface area contributed by atoms with Gasteiger partial charge in [-0.05, 0) is 44.5 Å². The lowest BCUT2D eigenvalue weighted by atomic mass is 10.0. The van der Waals surface area contributed by atoms with Gasteiger partial charge in [-0.1, -0.05) is 6.07 Å². The van der Waals surface area contributed by atoms with Gasteiger partial charge in [0.2, 0.25) is 0 Å². The van der Waals surface area contributed by atoms with Crippen LogP contribution in [0.25, 0.3) is 11.3 Å². The van der Waals surface area contributed by atoms with E-state index in [9.17, 15) is 4.79 Å². The van der Waals surface area contributed by atoms with Gasteiger partial charge in [0.1, 0.15) is 0 Å². The van der Waals surface area contributed by atoms with Crippen LogP contribution in [-0.2, 0) is 0 Å². The fourth-order valence-corrected chi connectivity index (χ4v) is 2.02. The van der Waals surface area contributed by atoms with Crippen molar-refractivity contribution >= 4 is 5.97 Å². The molecule has 1 N–H and O–H groups in total. The van der Waals surface area contributed by atoms with Crippen molar-refractivity contribution in [1.29, 1.82) is 0 Å². The highest BCUT2D eigenvalue weighted by atomic mass is 16.4. The number of nitrogens with zero attached hydrogens (tertiary/aromatic N) is 2. The summed E-state index contributed by atoms with van der Waals surface area (Å²) >= 11 is 0. The highest BCUT2D eigenvalue weighted by molar-refractivity contribution is 5.90. The standard InChI is InChI=1S/C14H16N2O2/c1-9(2)16-13(6-7-15-16)11-4-5-12(14(17)18)10(3)8-11/h4-9H,1-3H3,(H,17,18). The van der Waals surface area contributed by atoms with Gasteiger partial charge in [-0.3, -0.25) is 4.68 Å². The molecule has 0 spiro atoms. The van der Waals surface area contributed by atoms with E-state index in [2.05, 4.69) is 18.9 Å². The fourth-order valence-electron chi connectivity index (χ4n) is 2.02. The van der Waals surface area contributed by atoms with Gasteiger partial charge in [-0.2, -0.15) is 5.10 Å². The van der Waals surface area contributed by atoms with Crippen LogP contribution >= 0.6 is 0 Å². The van der Waals surface area contributed by atoms with Crippen molar-refractivity contribution in [2.45, 2.75) is 26.8 Å². The minimum absolute atomic E-state index is 0.273. The van der Waals surface area contributed by atoms with Gasteiger partial charge < -0.3 is 5.11 Å². The molecule has 2 rings (SSSR count). The van der Waals surface area contributed by atoms with Crippen molar-refractivity contribution in [3.8, 4) is 11.3 Å². The number of aryl methyl sites for hydroxylation is 1. The average molecular weight is 244 g/mol. The molecule has 1 aromatic heterocycles. The minimum Gasteiger partial charge on any atom is -0.478 e. The largest absolute Gasteiger partial charge is 0.478 e. The Morgan fingerprint density at radius 1 is 1.33 bits per heavy atom. The van der Waals surface area contributed by atoms with Crippen molar-refractivity contribution in [2.75, 3.05) is 0 Å². The van der Waals surface area contributed by atoms with Crippen LogP contribution in [0, 0.1) is 6.92 Å². The van der Waals surface area contributed by atoms with E-state index in [1.54, 1.807) is 12.3 Å². The molecule has 0 bridgehead atoms. The van der Waals surface area contributed by atoms with E-state index in [4.69, 9.17) is 5.11 Å². The Kier molecular flexibility index (Phi) is 3.19. The van der Waals surface area contributed by atoms with E-state index < -0.39 is 5.97 Å². The molecule has 4 heteroatoms. The lowest BCUT2D eigenvalue weighted by Crippen LogP contribution is -2.05. The molecule has 0 unspecified atom stereocenters. The first kappa shape index (κ1) is 12.4. The molecule has 0 saturated heterocycles. The van der Waals surface area contributed by atoms with Crippen molar-refractivity contribution in [2.24, 2.45) is 0 Å². The number of hydrogen-bond donors (Lipinski definition) is 1. The second-order valence-electron chi connectivity index (χ2n) is 4.59. The van der Waals surface area contributed by atoms with E-state index in [1.807, 2.05) is 29.8 Å². The molecule has 0 aliphatic heterocycles. The summed E-state index contributed by atoms with van der Waals surface area (Å²) < 4.78 is 1.93. The smallest absolute Gasteiger partial charge is 0.335 e. The lowest BCUT2D eigenvalue weighted by molar-refractivity contribution is 0.0696. The number of aromatic nitrogens is 2. The number of carbonyl (C=O) groups is 1. The topological polar surface area (TPSA) is 55.1 Å². The summed E-state index contributed by atoms with van der Waals surface area (Å²) in [4.78, 5) is 11.0. The first-order chi connectivity index (χ1) is 8.50. The Hall–Kier alpha value is -2.10. The van der Waals surface area contributed by atoms with Gasteiger partial charge in [0.15, 0.2) is 0 Å². The first-order valence-electron chi connectivity index (χ1n) is 5.88. The molecule has 0 radical (unpaired) electrons. The van der Waals surface area contributed by atoms with Gasteiger partial charge >= 0.3 is 5.97 Å². The Labute approximate surface area is 106 Å². The van der Waals surface area contributed by atoms with Crippen LogP contribution in [0.4, 0.5) is 0 Å². The highest BCUT2D eigenvalue weighted by Gasteiger charge is 2.11. The third kappa shape index (κ3) is 2.14. The van der Waals surface area contributed by atoms with E-state index in [1.165, 1.54) is 0 Å². The summed E-state index contributed by atoms with van der Waals surface area (Å²) in [5.41, 5.74) is 3.10. The number of aromatic carboxylic acids is 1. The van der Waals surface area contributed by atoms with Crippen LogP contribution in [0.5, 0.6) is 0 Å². The number of carboxylic acid groups (broad SMARTS) is 1. The van der Waals surface area contributed by atoms with Crippen molar-refractivity contribution in [3.63, 3.8) is 0 Å². The van der Waals surface area contributed by atoms with E-state index in [0.717, 1.165) is 16.8 Å². The summed E-state index contributed by atoms with van der Waals surface area (Å²) in [5, 5.41) is 13.3. The zero-order valence-corrected chi connectivity index (χ0v) is 10.7. The quantitative estimate of drug-likeness (QED) is 0.902. The Morgan fingerprint density at radius 3 is 2.61 bits per heavy atom. The minimum atomic E-state index is -0.892. The third-order valence-electron chi connectivity index (χ3n) is 2.91. The first-order valence-corrected chi connectivity index (χ1v) is 5.88. The summed E-state index contributed by atoms with van der Waals surface area (Å²) in [6.45, 7) is 5.94. The summed E-state index contributed by atoms with van der Waals surface area (Å²) in [7, 11) is 0. The molecule has 94 valence electrons. The monoisotopic (exact) mass is 244 g/mol. The average Bonchev–Trinajstić information content (AvgIpc) is 2.77. The zero-order valence-electron chi connectivity index (χ0n) is 10.7. The molecule has 1 aromatic carbocycles. The van der Waals surface area contributed by atoms with Gasteiger partial charge in [-0.15, -0.1) is 0 Å². The molecular weight excluding hydrogens is 228 g/mol. The van der Waals surface area contributed by atoms with Crippen molar-refractivity contribution in [3.05, 3.63) is 41.6 Å². The van der Waals surface area contributed by atoms with Crippen LogP contribution in [0.15, 0.2) is 30.5 Å². The maximum atomic E-state index is 11.0. The zero-order chi connectivity index (χ0) is 13.3. The summed E-state index contributed by atoms with van der Waals surface area (Å²) in [5.74, 6) is -0.892. The van der Waals surface area contributed by atoms with Gasteiger partial charge in [-0.25, -0.2) is 4.79 Å². The van der Waals surface area contributed by atoms with Crippen LogP contribution in [0.3, 0.4) is 0 Å². The summed E-state index contributed by atoms with van der Waals surface area (Å²) in [6, 6.07) is 7.57. The molecule has 0 aliphatic carbocycles. The van der Waals surface area contributed by atoms with Gasteiger partial charge in [0.25, 0.3) is 0 Å². The predicted octanol–water partition coefficient (Wildman–Crippen LogP) is 3.14. The third-order valence-corrected chi connectivity index (χ3v) is 2.91. The summed E-state index contributed by atoms with van der Waals surface area (Å²) in [6.07, 6.45) is 1.76. The van der Waals surface area contributed by atoms with Crippen LogP contribution in [0.2, 0.25) is 0 Å². The highest BCUT2D eigenvalue weighted by Crippen LogP contribution is 2.24. The van der Waals surface area contributed by atoms with E-state index >= 15 is 0 Å². The number of rotatable bonds is 3. The molecule has 0 saturated carbocycles. The van der Waals surface area contributed by atoms with Crippen LogP contribution in [-0.4, -0.2) is 20.9 Å². The van der Waals surface area contributed by atoms with Gasteiger partial charge in [0.05, 0.1) is 11.3 Å².